The van der Waals surface area contributed by atoms with Gasteiger partial charge in [-0.3, -0.25) is 9.59 Å². The lowest BCUT2D eigenvalue weighted by molar-refractivity contribution is -0.139. The van der Waals surface area contributed by atoms with E-state index in [0.717, 1.165) is 0 Å². The molecule has 0 bridgehead atoms. The van der Waals surface area contributed by atoms with Crippen LogP contribution in [0, 0.1) is 0 Å². The molecular formula is C6H15ClN2O4. The van der Waals surface area contributed by atoms with Gasteiger partial charge in [0.25, 0.3) is 0 Å². The highest BCUT2D eigenvalue weighted by Gasteiger charge is 1.88. The topological polar surface area (TPSA) is 105 Å². The third-order valence-corrected chi connectivity index (χ3v) is 0.789. The molecule has 0 radical (unpaired) electrons. The second-order valence-electron chi connectivity index (χ2n) is 1.56. The number of ether oxygens (including phenoxy) is 2. The van der Waals surface area contributed by atoms with E-state index < -0.39 is 0 Å². The Kier molecular flexibility index (Phi) is 19.0. The molecular weight excluding hydrogens is 200 g/mol. The summed E-state index contributed by atoms with van der Waals surface area (Å²) >= 11 is 0. The zero-order valence-electron chi connectivity index (χ0n) is 7.61. The average Bonchev–Trinajstić information content (AvgIpc) is 2.16. The SMILES string of the molecule is COC(=O)CN.COC(=O)CN.Cl. The fourth-order valence-corrected chi connectivity index (χ4v) is 0.167. The van der Waals surface area contributed by atoms with Crippen LogP contribution in [-0.2, 0) is 19.1 Å². The number of methoxy groups -OCH3 is 2. The van der Waals surface area contributed by atoms with Crippen molar-refractivity contribution >= 4 is 24.3 Å². The largest absolute Gasteiger partial charge is 0.468 e. The Labute approximate surface area is 83.0 Å². The van der Waals surface area contributed by atoms with Gasteiger partial charge in [-0.05, 0) is 0 Å². The standard InChI is InChI=1S/2C3H7NO2.ClH/c2*1-6-3(5)2-4;/h2*2,4H2,1H3;1H. The Morgan fingerprint density at radius 1 is 1.00 bits per heavy atom. The van der Waals surface area contributed by atoms with Crippen molar-refractivity contribution in [3.63, 3.8) is 0 Å². The monoisotopic (exact) mass is 214 g/mol. The summed E-state index contributed by atoms with van der Waals surface area (Å²) in [7, 11) is 2.60. The molecule has 0 aromatic heterocycles. The Hall–Kier alpha value is -0.850. The van der Waals surface area contributed by atoms with Crippen molar-refractivity contribution in [3.05, 3.63) is 0 Å². The van der Waals surface area contributed by atoms with Gasteiger partial charge in [-0.2, -0.15) is 0 Å². The first-order valence-corrected chi connectivity index (χ1v) is 3.16. The van der Waals surface area contributed by atoms with E-state index in [1.807, 2.05) is 0 Å². The first-order valence-electron chi connectivity index (χ1n) is 3.16. The lowest BCUT2D eigenvalue weighted by Gasteiger charge is -1.87. The van der Waals surface area contributed by atoms with E-state index in [-0.39, 0.29) is 37.4 Å². The summed E-state index contributed by atoms with van der Waals surface area (Å²) in [5.41, 5.74) is 9.62. The number of nitrogens with two attached hydrogens (primary N) is 2. The summed E-state index contributed by atoms with van der Waals surface area (Å²) in [6.07, 6.45) is 0. The van der Waals surface area contributed by atoms with Crippen LogP contribution in [0.15, 0.2) is 0 Å². The summed E-state index contributed by atoms with van der Waals surface area (Å²) in [6.45, 7) is -0.0625. The van der Waals surface area contributed by atoms with Crippen LogP contribution in [0.5, 0.6) is 0 Å². The highest BCUT2D eigenvalue weighted by Crippen LogP contribution is 1.61. The second kappa shape index (κ2) is 13.7. The molecule has 0 saturated carbocycles. The van der Waals surface area contributed by atoms with Crippen molar-refractivity contribution in [2.75, 3.05) is 27.3 Å². The zero-order valence-corrected chi connectivity index (χ0v) is 8.43. The van der Waals surface area contributed by atoms with E-state index in [1.165, 1.54) is 14.2 Å². The molecule has 6 nitrogen and oxygen atoms in total. The maximum Gasteiger partial charge on any atom is 0.319 e. The van der Waals surface area contributed by atoms with Gasteiger partial charge in [-0.15, -0.1) is 12.4 Å². The zero-order chi connectivity index (χ0) is 9.98. The maximum absolute atomic E-state index is 9.83. The minimum atomic E-state index is -0.380. The Morgan fingerprint density at radius 3 is 1.23 bits per heavy atom. The Morgan fingerprint density at radius 2 is 1.23 bits per heavy atom. The Balaban J connectivity index is -0.000000143. The van der Waals surface area contributed by atoms with E-state index >= 15 is 0 Å². The average molecular weight is 215 g/mol. The number of rotatable bonds is 2. The lowest BCUT2D eigenvalue weighted by atomic mass is 10.7. The number of carbonyl (C=O) groups is 2. The summed E-state index contributed by atoms with van der Waals surface area (Å²) in [5.74, 6) is -0.759. The molecule has 13 heavy (non-hydrogen) atoms. The van der Waals surface area contributed by atoms with E-state index in [9.17, 15) is 9.59 Å². The first kappa shape index (κ1) is 18.0. The minimum absolute atomic E-state index is 0. The molecule has 0 saturated heterocycles. The molecule has 0 amide bonds. The Bertz CT molecular complexity index is 115. The number of esters is 2. The van der Waals surface area contributed by atoms with Crippen LogP contribution in [-0.4, -0.2) is 39.2 Å². The number of halogens is 1. The molecule has 4 N–H and O–H groups in total. The second-order valence-corrected chi connectivity index (χ2v) is 1.56. The third kappa shape index (κ3) is 18.3. The highest BCUT2D eigenvalue weighted by molar-refractivity contribution is 5.85. The molecule has 80 valence electrons. The summed E-state index contributed by atoms with van der Waals surface area (Å²) in [4.78, 5) is 19.7. The highest BCUT2D eigenvalue weighted by atomic mass is 35.5. The van der Waals surface area contributed by atoms with E-state index in [0.29, 0.717) is 0 Å². The normalized spacial score (nSPS) is 7.08. The van der Waals surface area contributed by atoms with Crippen LogP contribution >= 0.6 is 12.4 Å². The van der Waals surface area contributed by atoms with Gasteiger partial charge in [0.1, 0.15) is 0 Å². The van der Waals surface area contributed by atoms with Gasteiger partial charge in [0.05, 0.1) is 27.3 Å². The van der Waals surface area contributed by atoms with Gasteiger partial charge < -0.3 is 20.9 Å². The van der Waals surface area contributed by atoms with Gasteiger partial charge in [0, 0.05) is 0 Å². The van der Waals surface area contributed by atoms with Crippen LogP contribution in [0.2, 0.25) is 0 Å². The predicted octanol–water partition coefficient (Wildman–Crippen LogP) is -1.34. The molecule has 0 atom stereocenters. The first-order chi connectivity index (χ1) is 5.62. The molecule has 0 aliphatic rings. The van der Waals surface area contributed by atoms with Crippen LogP contribution in [0.25, 0.3) is 0 Å². The van der Waals surface area contributed by atoms with Crippen molar-refractivity contribution in [2.24, 2.45) is 11.5 Å². The molecule has 0 fully saturated rings. The smallest absolute Gasteiger partial charge is 0.319 e. The van der Waals surface area contributed by atoms with Crippen molar-refractivity contribution in [2.45, 2.75) is 0 Å². The number of hydrogen-bond acceptors (Lipinski definition) is 6. The van der Waals surface area contributed by atoms with Gasteiger partial charge in [0.2, 0.25) is 0 Å². The molecule has 0 aromatic rings. The van der Waals surface area contributed by atoms with Gasteiger partial charge in [0.15, 0.2) is 0 Å². The van der Waals surface area contributed by atoms with Crippen LogP contribution in [0.1, 0.15) is 0 Å². The molecule has 0 aliphatic heterocycles. The summed E-state index contributed by atoms with van der Waals surface area (Å²) < 4.78 is 8.27. The number of carbonyl (C=O) groups excluding carboxylic acids is 2. The summed E-state index contributed by atoms with van der Waals surface area (Å²) in [5, 5.41) is 0. The van der Waals surface area contributed by atoms with Crippen LogP contribution < -0.4 is 11.5 Å². The van der Waals surface area contributed by atoms with Crippen molar-refractivity contribution in [3.8, 4) is 0 Å². The lowest BCUT2D eigenvalue weighted by Crippen LogP contribution is -2.14. The van der Waals surface area contributed by atoms with Gasteiger partial charge >= 0.3 is 11.9 Å². The fraction of sp³-hybridized carbons (Fsp3) is 0.667. The molecule has 0 rings (SSSR count). The van der Waals surface area contributed by atoms with E-state index in [1.54, 1.807) is 0 Å². The molecule has 0 aliphatic carbocycles. The van der Waals surface area contributed by atoms with Crippen molar-refractivity contribution < 1.29 is 19.1 Å². The van der Waals surface area contributed by atoms with Gasteiger partial charge in [-0.1, -0.05) is 0 Å². The maximum atomic E-state index is 9.83. The van der Waals surface area contributed by atoms with Gasteiger partial charge in [-0.25, -0.2) is 0 Å². The minimum Gasteiger partial charge on any atom is -0.468 e. The fourth-order valence-electron chi connectivity index (χ4n) is 0.167. The van der Waals surface area contributed by atoms with E-state index in [4.69, 9.17) is 11.5 Å². The van der Waals surface area contributed by atoms with Crippen molar-refractivity contribution in [1.82, 2.24) is 0 Å². The summed E-state index contributed by atoms with van der Waals surface area (Å²) in [6, 6.07) is 0. The van der Waals surface area contributed by atoms with Crippen molar-refractivity contribution in [1.29, 1.82) is 0 Å². The van der Waals surface area contributed by atoms with E-state index in [2.05, 4.69) is 9.47 Å². The predicted molar refractivity (Wildman–Crippen MR) is 49.4 cm³/mol. The molecule has 0 heterocycles. The molecule has 0 unspecified atom stereocenters. The third-order valence-electron chi connectivity index (χ3n) is 0.789. The number of hydrogen-bond donors (Lipinski definition) is 2. The van der Waals surface area contributed by atoms with Crippen LogP contribution in [0.4, 0.5) is 0 Å². The quantitative estimate of drug-likeness (QED) is 0.551. The molecule has 0 aromatic carbocycles. The van der Waals surface area contributed by atoms with Crippen LogP contribution in [0.3, 0.4) is 0 Å². The molecule has 0 spiro atoms. The molecule has 7 heteroatoms.